The summed E-state index contributed by atoms with van der Waals surface area (Å²) < 4.78 is 38.2. The molecule has 21 heavy (non-hydrogen) atoms. The van der Waals surface area contributed by atoms with Crippen LogP contribution in [0.1, 0.15) is 36.8 Å². The maximum absolute atomic E-state index is 12.7. The van der Waals surface area contributed by atoms with Crippen LogP contribution in [-0.4, -0.2) is 17.6 Å². The molecule has 0 aliphatic rings. The summed E-state index contributed by atoms with van der Waals surface area (Å²) >= 11 is 0. The van der Waals surface area contributed by atoms with Crippen LogP contribution in [0.4, 0.5) is 18.9 Å². The number of carboxylic acid groups (broad SMARTS) is 1. The lowest BCUT2D eigenvalue weighted by Crippen LogP contribution is -2.09. The van der Waals surface area contributed by atoms with Crippen LogP contribution in [0.2, 0.25) is 0 Å². The number of alkyl halides is 3. The van der Waals surface area contributed by atoms with Crippen molar-refractivity contribution < 1.29 is 23.1 Å². The van der Waals surface area contributed by atoms with E-state index in [0.717, 1.165) is 12.1 Å². The molecule has 0 aromatic heterocycles. The van der Waals surface area contributed by atoms with E-state index in [1.54, 1.807) is 0 Å². The lowest BCUT2D eigenvalue weighted by molar-refractivity contribution is -0.138. The van der Waals surface area contributed by atoms with Gasteiger partial charge in [-0.25, -0.2) is 0 Å². The first-order valence-electron chi connectivity index (χ1n) is 6.41. The van der Waals surface area contributed by atoms with Gasteiger partial charge in [0.2, 0.25) is 0 Å². The number of carbonyl (C=O) groups is 1. The number of unbranched alkanes of at least 4 members (excludes halogenated alkanes) is 2. The smallest absolute Gasteiger partial charge is 0.417 e. The maximum Gasteiger partial charge on any atom is 0.417 e. The van der Waals surface area contributed by atoms with Crippen LogP contribution in [0.15, 0.2) is 18.2 Å². The molecular weight excluding hydrogens is 285 g/mol. The molecule has 7 heteroatoms. The average Bonchev–Trinajstić information content (AvgIpc) is 2.41. The second kappa shape index (κ2) is 7.53. The van der Waals surface area contributed by atoms with Crippen molar-refractivity contribution in [1.29, 1.82) is 5.26 Å². The van der Waals surface area contributed by atoms with Gasteiger partial charge in [0.25, 0.3) is 0 Å². The topological polar surface area (TPSA) is 73.1 Å². The van der Waals surface area contributed by atoms with Gasteiger partial charge < -0.3 is 10.4 Å². The van der Waals surface area contributed by atoms with Crippen molar-refractivity contribution >= 4 is 11.7 Å². The molecule has 0 heterocycles. The van der Waals surface area contributed by atoms with Crippen molar-refractivity contribution in [2.45, 2.75) is 31.9 Å². The first-order chi connectivity index (χ1) is 9.84. The number of nitrogens with one attached hydrogen (secondary N) is 1. The number of hydrogen-bond donors (Lipinski definition) is 2. The Bertz CT molecular complexity index is 536. The third-order valence-corrected chi connectivity index (χ3v) is 2.84. The largest absolute Gasteiger partial charge is 0.481 e. The van der Waals surface area contributed by atoms with E-state index in [-0.39, 0.29) is 6.42 Å². The zero-order valence-electron chi connectivity index (χ0n) is 11.2. The number of rotatable bonds is 7. The first-order valence-corrected chi connectivity index (χ1v) is 6.41. The molecule has 0 bridgehead atoms. The predicted molar refractivity (Wildman–Crippen MR) is 70.8 cm³/mol. The summed E-state index contributed by atoms with van der Waals surface area (Å²) in [5.74, 6) is -0.857. The van der Waals surface area contributed by atoms with Gasteiger partial charge in [-0.3, -0.25) is 4.79 Å². The van der Waals surface area contributed by atoms with E-state index in [0.29, 0.717) is 31.5 Å². The van der Waals surface area contributed by atoms with Gasteiger partial charge in [-0.15, -0.1) is 0 Å². The second-order valence-electron chi connectivity index (χ2n) is 4.50. The molecule has 114 valence electrons. The highest BCUT2D eigenvalue weighted by Crippen LogP contribution is 2.33. The molecule has 0 radical (unpaired) electrons. The lowest BCUT2D eigenvalue weighted by Gasteiger charge is -2.12. The molecule has 1 aromatic rings. The number of carboxylic acids is 1. The Kier molecular flexibility index (Phi) is 6.03. The van der Waals surface area contributed by atoms with Crippen LogP contribution in [0.5, 0.6) is 0 Å². The highest BCUT2D eigenvalue weighted by Gasteiger charge is 2.33. The molecule has 0 fully saturated rings. The van der Waals surface area contributed by atoms with Crippen molar-refractivity contribution in [2.24, 2.45) is 0 Å². The van der Waals surface area contributed by atoms with Crippen LogP contribution in [0.3, 0.4) is 0 Å². The molecule has 1 aromatic carbocycles. The van der Waals surface area contributed by atoms with Crippen LogP contribution in [-0.2, 0) is 11.0 Å². The summed E-state index contributed by atoms with van der Waals surface area (Å²) in [5.41, 5.74) is -1.07. The summed E-state index contributed by atoms with van der Waals surface area (Å²) in [6.45, 7) is 0.447. The highest BCUT2D eigenvalue weighted by atomic mass is 19.4. The fraction of sp³-hybridized carbons (Fsp3) is 0.429. The minimum absolute atomic E-state index is 0.0923. The van der Waals surface area contributed by atoms with E-state index in [1.165, 1.54) is 12.1 Å². The molecule has 1 rings (SSSR count). The molecule has 0 saturated heterocycles. The van der Waals surface area contributed by atoms with Crippen molar-refractivity contribution in [2.75, 3.05) is 11.9 Å². The van der Waals surface area contributed by atoms with E-state index in [1.807, 2.05) is 0 Å². The monoisotopic (exact) mass is 300 g/mol. The molecule has 0 spiro atoms. The number of hydrogen-bond acceptors (Lipinski definition) is 3. The minimum Gasteiger partial charge on any atom is -0.481 e. The van der Waals surface area contributed by atoms with Gasteiger partial charge >= 0.3 is 12.1 Å². The lowest BCUT2D eigenvalue weighted by atomic mass is 10.1. The molecule has 0 atom stereocenters. The Balaban J connectivity index is 2.54. The zero-order valence-corrected chi connectivity index (χ0v) is 11.2. The molecule has 2 N–H and O–H groups in total. The Morgan fingerprint density at radius 1 is 1.29 bits per heavy atom. The third kappa shape index (κ3) is 5.73. The number of nitriles is 1. The van der Waals surface area contributed by atoms with Crippen molar-refractivity contribution in [1.82, 2.24) is 0 Å². The maximum atomic E-state index is 12.7. The normalized spacial score (nSPS) is 11.0. The van der Waals surface area contributed by atoms with Gasteiger partial charge in [-0.2, -0.15) is 18.4 Å². The van der Waals surface area contributed by atoms with Gasteiger partial charge in [-0.05, 0) is 31.0 Å². The Morgan fingerprint density at radius 3 is 2.57 bits per heavy atom. The van der Waals surface area contributed by atoms with Crippen molar-refractivity contribution in [3.05, 3.63) is 29.3 Å². The van der Waals surface area contributed by atoms with E-state index >= 15 is 0 Å². The van der Waals surface area contributed by atoms with Crippen LogP contribution in [0, 0.1) is 11.3 Å². The van der Waals surface area contributed by atoms with Gasteiger partial charge in [0.05, 0.1) is 17.2 Å². The van der Waals surface area contributed by atoms with Gasteiger partial charge in [0.15, 0.2) is 0 Å². The zero-order chi connectivity index (χ0) is 15.9. The van der Waals surface area contributed by atoms with Gasteiger partial charge in [0.1, 0.15) is 0 Å². The molecule has 4 nitrogen and oxygen atoms in total. The molecule has 0 aliphatic heterocycles. The molecular formula is C14H15F3N2O2. The molecule has 0 saturated carbocycles. The Labute approximate surface area is 120 Å². The van der Waals surface area contributed by atoms with Crippen LogP contribution >= 0.6 is 0 Å². The first kappa shape index (κ1) is 16.8. The van der Waals surface area contributed by atoms with E-state index in [9.17, 15) is 18.0 Å². The number of halogens is 3. The third-order valence-electron chi connectivity index (χ3n) is 2.84. The van der Waals surface area contributed by atoms with Gasteiger partial charge in [0, 0.05) is 18.7 Å². The average molecular weight is 300 g/mol. The number of aliphatic carboxylic acids is 1. The summed E-state index contributed by atoms with van der Waals surface area (Å²) in [7, 11) is 0. The summed E-state index contributed by atoms with van der Waals surface area (Å²) in [6, 6.07) is 4.99. The molecule has 0 amide bonds. The fourth-order valence-corrected chi connectivity index (χ4v) is 1.80. The number of nitrogens with zero attached hydrogens (tertiary/aromatic N) is 1. The summed E-state index contributed by atoms with van der Waals surface area (Å²) in [6.07, 6.45) is -2.59. The van der Waals surface area contributed by atoms with E-state index < -0.39 is 23.3 Å². The van der Waals surface area contributed by atoms with Crippen LogP contribution < -0.4 is 5.32 Å². The standard InChI is InChI=1S/C14H15F3N2O2/c15-14(16,17)12-8-11(6-5-10(12)9-18)19-7-3-1-2-4-13(20)21/h5-6,8,19H,1-4,7H2,(H,20,21). The van der Waals surface area contributed by atoms with E-state index in [2.05, 4.69) is 5.32 Å². The highest BCUT2D eigenvalue weighted by molar-refractivity contribution is 5.66. The Morgan fingerprint density at radius 2 is 2.00 bits per heavy atom. The van der Waals surface area contributed by atoms with Crippen molar-refractivity contribution in [3.8, 4) is 6.07 Å². The summed E-state index contributed by atoms with van der Waals surface area (Å²) in [4.78, 5) is 10.3. The SMILES string of the molecule is N#Cc1ccc(NCCCCCC(=O)O)cc1C(F)(F)F. The van der Waals surface area contributed by atoms with Crippen molar-refractivity contribution in [3.63, 3.8) is 0 Å². The van der Waals surface area contributed by atoms with Gasteiger partial charge in [-0.1, -0.05) is 6.42 Å². The Hall–Kier alpha value is -2.23. The van der Waals surface area contributed by atoms with E-state index in [4.69, 9.17) is 10.4 Å². The number of anilines is 1. The predicted octanol–water partition coefficient (Wildman–Crippen LogP) is 3.63. The van der Waals surface area contributed by atoms with Crippen LogP contribution in [0.25, 0.3) is 0 Å². The molecule has 0 unspecified atom stereocenters. The quantitative estimate of drug-likeness (QED) is 0.754. The minimum atomic E-state index is -4.57. The fourth-order valence-electron chi connectivity index (χ4n) is 1.80. The molecule has 0 aliphatic carbocycles. The summed E-state index contributed by atoms with van der Waals surface area (Å²) in [5, 5.41) is 20.0. The second-order valence-corrected chi connectivity index (χ2v) is 4.50. The number of benzene rings is 1.